The monoisotopic (exact) mass is 308 g/mol. The molecule has 1 atom stereocenters. The van der Waals surface area contributed by atoms with Crippen LogP contribution in [0.15, 0.2) is 41.3 Å². The van der Waals surface area contributed by atoms with Crippen LogP contribution in [-0.2, 0) is 10.0 Å². The Labute approximate surface area is 125 Å². The second-order valence-corrected chi connectivity index (χ2v) is 7.21. The molecule has 0 aliphatic rings. The zero-order valence-electron chi connectivity index (χ0n) is 12.2. The Morgan fingerprint density at radius 3 is 2.67 bits per heavy atom. The molecule has 0 spiro atoms. The van der Waals surface area contributed by atoms with Crippen LogP contribution in [0.3, 0.4) is 0 Å². The maximum Gasteiger partial charge on any atom is 0.243 e. The maximum atomic E-state index is 12.7. The highest BCUT2D eigenvalue weighted by molar-refractivity contribution is 7.89. The predicted octanol–water partition coefficient (Wildman–Crippen LogP) is 1.81. The van der Waals surface area contributed by atoms with Crippen LogP contribution >= 0.6 is 0 Å². The van der Waals surface area contributed by atoms with Gasteiger partial charge in [0.15, 0.2) is 0 Å². The lowest BCUT2D eigenvalue weighted by Gasteiger charge is -2.19. The van der Waals surface area contributed by atoms with E-state index in [1.807, 2.05) is 6.07 Å². The highest BCUT2D eigenvalue weighted by Crippen LogP contribution is 2.26. The van der Waals surface area contributed by atoms with Crippen molar-refractivity contribution in [3.8, 4) is 0 Å². The fourth-order valence-electron chi connectivity index (χ4n) is 2.15. The van der Waals surface area contributed by atoms with E-state index in [-0.39, 0.29) is 11.4 Å². The van der Waals surface area contributed by atoms with Crippen molar-refractivity contribution in [1.82, 2.24) is 4.31 Å². The van der Waals surface area contributed by atoms with Crippen molar-refractivity contribution in [2.75, 3.05) is 19.3 Å². The molecule has 0 heterocycles. The number of nitrogens with zero attached hydrogens (tertiary/aromatic N) is 1. The van der Waals surface area contributed by atoms with Crippen LogP contribution in [0.2, 0.25) is 0 Å². The lowest BCUT2D eigenvalue weighted by atomic mass is 10.1. The Balaban J connectivity index is 2.45. The average Bonchev–Trinajstić information content (AvgIpc) is 2.43. The van der Waals surface area contributed by atoms with Crippen molar-refractivity contribution >= 4 is 26.5 Å². The molecule has 0 aromatic heterocycles. The highest BCUT2D eigenvalue weighted by atomic mass is 32.2. The van der Waals surface area contributed by atoms with E-state index in [9.17, 15) is 13.5 Å². The fraction of sp³-hybridized carbons (Fsp3) is 0.333. The molecule has 2 aromatic rings. The molecule has 0 aliphatic carbocycles. The van der Waals surface area contributed by atoms with Gasteiger partial charge in [0.05, 0.1) is 11.0 Å². The summed E-state index contributed by atoms with van der Waals surface area (Å²) in [5.41, 5.74) is 6.33. The van der Waals surface area contributed by atoms with Crippen LogP contribution in [0, 0.1) is 0 Å². The zero-order chi connectivity index (χ0) is 15.6. The molecule has 0 aliphatic heterocycles. The summed E-state index contributed by atoms with van der Waals surface area (Å²) in [5, 5.41) is 10.7. The number of rotatable bonds is 5. The van der Waals surface area contributed by atoms with Gasteiger partial charge in [0.25, 0.3) is 0 Å². The first-order valence-electron chi connectivity index (χ1n) is 6.75. The molecule has 0 amide bonds. The van der Waals surface area contributed by atoms with Crippen LogP contribution in [0.1, 0.15) is 13.3 Å². The number of aliphatic hydroxyl groups is 1. The van der Waals surface area contributed by atoms with Gasteiger partial charge in [-0.3, -0.25) is 0 Å². The third-order valence-corrected chi connectivity index (χ3v) is 5.33. The average molecular weight is 308 g/mol. The summed E-state index contributed by atoms with van der Waals surface area (Å²) in [4.78, 5) is 0.257. The van der Waals surface area contributed by atoms with Gasteiger partial charge < -0.3 is 10.8 Å². The molecule has 0 saturated heterocycles. The highest BCUT2D eigenvalue weighted by Gasteiger charge is 2.23. The van der Waals surface area contributed by atoms with E-state index in [2.05, 4.69) is 0 Å². The first-order chi connectivity index (χ1) is 9.82. The minimum atomic E-state index is -3.59. The molecule has 2 rings (SSSR count). The Morgan fingerprint density at radius 2 is 2.00 bits per heavy atom. The second kappa shape index (κ2) is 6.01. The lowest BCUT2D eigenvalue weighted by Crippen LogP contribution is -2.29. The van der Waals surface area contributed by atoms with Crippen LogP contribution in [0.25, 0.3) is 10.8 Å². The molecule has 2 aromatic carbocycles. The van der Waals surface area contributed by atoms with E-state index < -0.39 is 16.1 Å². The molecule has 0 fully saturated rings. The van der Waals surface area contributed by atoms with Crippen molar-refractivity contribution in [2.24, 2.45) is 0 Å². The minimum Gasteiger partial charge on any atom is -0.399 e. The number of nitrogens with two attached hydrogens (primary N) is 1. The van der Waals surface area contributed by atoms with E-state index in [1.54, 1.807) is 37.3 Å². The summed E-state index contributed by atoms with van der Waals surface area (Å²) in [6, 6.07) is 10.3. The van der Waals surface area contributed by atoms with E-state index in [1.165, 1.54) is 11.4 Å². The summed E-state index contributed by atoms with van der Waals surface area (Å²) in [5.74, 6) is 0. The topological polar surface area (TPSA) is 83.6 Å². The number of benzene rings is 2. The first-order valence-corrected chi connectivity index (χ1v) is 8.19. The van der Waals surface area contributed by atoms with Crippen molar-refractivity contribution < 1.29 is 13.5 Å². The Bertz CT molecular complexity index is 742. The van der Waals surface area contributed by atoms with Crippen LogP contribution in [-0.4, -0.2) is 37.5 Å². The van der Waals surface area contributed by atoms with Gasteiger partial charge in [0.1, 0.15) is 0 Å². The summed E-state index contributed by atoms with van der Waals surface area (Å²) in [6.45, 7) is 1.91. The number of anilines is 1. The van der Waals surface area contributed by atoms with E-state index >= 15 is 0 Å². The van der Waals surface area contributed by atoms with Crippen molar-refractivity contribution in [1.29, 1.82) is 0 Å². The molecule has 0 saturated carbocycles. The zero-order valence-corrected chi connectivity index (χ0v) is 13.0. The van der Waals surface area contributed by atoms with Gasteiger partial charge in [0.2, 0.25) is 10.0 Å². The van der Waals surface area contributed by atoms with Crippen molar-refractivity contribution in [2.45, 2.75) is 24.3 Å². The third kappa shape index (κ3) is 3.34. The molecule has 3 N–H and O–H groups in total. The molecular weight excluding hydrogens is 288 g/mol. The van der Waals surface area contributed by atoms with Gasteiger partial charge in [-0.15, -0.1) is 0 Å². The normalized spacial score (nSPS) is 13.7. The summed E-state index contributed by atoms with van der Waals surface area (Å²) >= 11 is 0. The largest absolute Gasteiger partial charge is 0.399 e. The fourth-order valence-corrected chi connectivity index (χ4v) is 3.55. The van der Waals surface area contributed by atoms with E-state index in [4.69, 9.17) is 5.73 Å². The Hall–Kier alpha value is -1.63. The molecule has 1 unspecified atom stereocenters. The molecule has 0 radical (unpaired) electrons. The van der Waals surface area contributed by atoms with E-state index in [0.717, 1.165) is 5.39 Å². The van der Waals surface area contributed by atoms with Gasteiger partial charge >= 0.3 is 0 Å². The SMILES string of the molecule is CC(O)CCN(C)S(=O)(=O)c1cccc2cc(N)ccc12. The quantitative estimate of drug-likeness (QED) is 0.825. The molecule has 114 valence electrons. The number of aliphatic hydroxyl groups excluding tert-OH is 1. The number of hydrogen-bond donors (Lipinski definition) is 2. The molecule has 21 heavy (non-hydrogen) atoms. The Kier molecular flexibility index (Phi) is 4.51. The van der Waals surface area contributed by atoms with Gasteiger partial charge in [-0.05, 0) is 36.9 Å². The summed E-state index contributed by atoms with van der Waals surface area (Å²) in [7, 11) is -2.07. The van der Waals surface area contributed by atoms with Crippen molar-refractivity contribution in [3.63, 3.8) is 0 Å². The lowest BCUT2D eigenvalue weighted by molar-refractivity contribution is 0.177. The van der Waals surface area contributed by atoms with Gasteiger partial charge in [-0.25, -0.2) is 12.7 Å². The smallest absolute Gasteiger partial charge is 0.243 e. The molecule has 6 heteroatoms. The number of fused-ring (bicyclic) bond motifs is 1. The van der Waals surface area contributed by atoms with Crippen LogP contribution < -0.4 is 5.73 Å². The standard InChI is InChI=1S/C15H20N2O3S/c1-11(18)8-9-17(2)21(19,20)15-5-3-4-12-10-13(16)6-7-14(12)15/h3-7,10-11,18H,8-9,16H2,1-2H3. The number of nitrogen functional groups attached to an aromatic ring is 1. The minimum absolute atomic E-state index is 0.257. The number of sulfonamides is 1. The molecule has 5 nitrogen and oxygen atoms in total. The molecular formula is C15H20N2O3S. The van der Waals surface area contributed by atoms with E-state index in [0.29, 0.717) is 17.5 Å². The number of hydrogen-bond acceptors (Lipinski definition) is 4. The maximum absolute atomic E-state index is 12.7. The second-order valence-electron chi connectivity index (χ2n) is 5.20. The summed E-state index contributed by atoms with van der Waals surface area (Å²) < 4.78 is 26.6. The van der Waals surface area contributed by atoms with Crippen LogP contribution in [0.5, 0.6) is 0 Å². The summed E-state index contributed by atoms with van der Waals surface area (Å²) in [6.07, 6.45) is -0.136. The van der Waals surface area contributed by atoms with Crippen LogP contribution in [0.4, 0.5) is 5.69 Å². The Morgan fingerprint density at radius 1 is 1.29 bits per heavy atom. The van der Waals surface area contributed by atoms with Gasteiger partial charge in [-0.2, -0.15) is 0 Å². The first kappa shape index (κ1) is 15.8. The van der Waals surface area contributed by atoms with Gasteiger partial charge in [-0.1, -0.05) is 18.2 Å². The predicted molar refractivity (Wildman–Crippen MR) is 84.5 cm³/mol. The van der Waals surface area contributed by atoms with Gasteiger partial charge in [0, 0.05) is 24.7 Å². The third-order valence-electron chi connectivity index (χ3n) is 3.41. The molecule has 0 bridgehead atoms. The van der Waals surface area contributed by atoms with Crippen molar-refractivity contribution in [3.05, 3.63) is 36.4 Å².